The molecule has 2 fully saturated rings. The van der Waals surface area contributed by atoms with Crippen LogP contribution in [0, 0.1) is 6.92 Å². The fourth-order valence-corrected chi connectivity index (χ4v) is 6.89. The quantitative estimate of drug-likeness (QED) is 0.569. The van der Waals surface area contributed by atoms with E-state index in [1.54, 1.807) is 4.68 Å². The third-order valence-corrected chi connectivity index (χ3v) is 9.00. The predicted molar refractivity (Wildman–Crippen MR) is 133 cm³/mol. The summed E-state index contributed by atoms with van der Waals surface area (Å²) >= 11 is 0. The monoisotopic (exact) mass is 481 g/mol. The summed E-state index contributed by atoms with van der Waals surface area (Å²) in [5.41, 5.74) is 3.46. The van der Waals surface area contributed by atoms with Gasteiger partial charge in [0.2, 0.25) is 0 Å². The highest BCUT2D eigenvalue weighted by Gasteiger charge is 2.33. The summed E-state index contributed by atoms with van der Waals surface area (Å²) in [5.74, 6) is 0.168. The summed E-state index contributed by atoms with van der Waals surface area (Å²) < 4.78 is 26.1. The molecule has 9 heteroatoms. The van der Waals surface area contributed by atoms with Gasteiger partial charge in [0.25, 0.3) is 5.91 Å². The maximum atomic E-state index is 13.9. The number of pyridine rings is 1. The lowest BCUT2D eigenvalue weighted by atomic mass is 10.0. The first-order valence-corrected chi connectivity index (χ1v) is 13.7. The second-order valence-electron chi connectivity index (χ2n) is 9.66. The zero-order valence-electron chi connectivity index (χ0n) is 19.9. The Morgan fingerprint density at radius 1 is 1.12 bits per heavy atom. The Morgan fingerprint density at radius 2 is 1.82 bits per heavy atom. The number of likely N-dealkylation sites (tertiary alicyclic amines) is 1. The summed E-state index contributed by atoms with van der Waals surface area (Å²) in [6.45, 7) is 3.81. The zero-order valence-corrected chi connectivity index (χ0v) is 20.8. The van der Waals surface area contributed by atoms with Gasteiger partial charge in [-0.25, -0.2) is 18.1 Å². The summed E-state index contributed by atoms with van der Waals surface area (Å²) in [7, 11) is 0.902. The van der Waals surface area contributed by atoms with Crippen LogP contribution >= 0.6 is 0 Å². The molecule has 0 spiro atoms. The van der Waals surface area contributed by atoms with E-state index in [1.807, 2.05) is 55.3 Å². The second-order valence-corrected chi connectivity index (χ2v) is 11.9. The van der Waals surface area contributed by atoms with Gasteiger partial charge in [-0.15, -0.1) is 0 Å². The van der Waals surface area contributed by atoms with Crippen molar-refractivity contribution in [2.24, 2.45) is 0 Å². The maximum absolute atomic E-state index is 13.9. The molecule has 34 heavy (non-hydrogen) atoms. The van der Waals surface area contributed by atoms with Crippen molar-refractivity contribution in [3.05, 3.63) is 47.7 Å². The number of nitrogens with zero attached hydrogens (tertiary/aromatic N) is 5. The average molecular weight is 482 g/mol. The fourth-order valence-electron chi connectivity index (χ4n) is 5.20. The number of carbonyl (C=O) groups excluding carboxylic acids is 1. The lowest BCUT2D eigenvalue weighted by molar-refractivity contribution is 0.0661. The van der Waals surface area contributed by atoms with Crippen LogP contribution in [-0.2, 0) is 9.84 Å². The van der Waals surface area contributed by atoms with Crippen molar-refractivity contribution in [1.82, 2.24) is 24.6 Å². The normalized spacial score (nSPS) is 21.2. The van der Waals surface area contributed by atoms with E-state index in [1.165, 1.54) is 0 Å². The third-order valence-electron chi connectivity index (χ3n) is 7.25. The fraction of sp³-hybridized carbons (Fsp3) is 0.480. The van der Waals surface area contributed by atoms with Crippen LogP contribution in [0.1, 0.15) is 41.4 Å². The van der Waals surface area contributed by atoms with E-state index >= 15 is 0 Å². The molecule has 8 nitrogen and oxygen atoms in total. The minimum absolute atomic E-state index is 0.0409. The van der Waals surface area contributed by atoms with Crippen molar-refractivity contribution in [2.45, 2.75) is 38.3 Å². The number of aromatic nitrogens is 3. The molecule has 0 N–H and O–H groups in total. The molecule has 1 unspecified atom stereocenters. The molecule has 1 atom stereocenters. The van der Waals surface area contributed by atoms with Gasteiger partial charge in [-0.2, -0.15) is 5.10 Å². The molecule has 0 radical (unpaired) electrons. The molecule has 0 bridgehead atoms. The topological polar surface area (TPSA) is 88.4 Å². The number of carbonyl (C=O) groups is 1. The molecule has 4 heterocycles. The Hall–Kier alpha value is -2.78. The number of hydrogen-bond donors (Lipinski definition) is 0. The molecule has 0 aliphatic carbocycles. The molecule has 1 aromatic carbocycles. The standard InChI is InChI=1S/C25H31N5O3S/c1-17-23-21(25(31)29(3)19-9-12-28(2)13-10-19)15-22(18-7-5-4-6-8-18)26-24(23)30(27-17)20-11-14-34(32,33)16-20/h4-8,15,19-20H,9-14,16H2,1-3H3. The Labute approximate surface area is 200 Å². The highest BCUT2D eigenvalue weighted by Crippen LogP contribution is 2.33. The van der Waals surface area contributed by atoms with Gasteiger partial charge in [-0.3, -0.25) is 4.79 Å². The van der Waals surface area contributed by atoms with Crippen LogP contribution in [-0.4, -0.2) is 83.6 Å². The maximum Gasteiger partial charge on any atom is 0.254 e. The number of piperidine rings is 1. The number of hydrogen-bond acceptors (Lipinski definition) is 6. The number of amides is 1. The van der Waals surface area contributed by atoms with E-state index in [4.69, 9.17) is 10.1 Å². The van der Waals surface area contributed by atoms with Crippen molar-refractivity contribution >= 4 is 26.8 Å². The van der Waals surface area contributed by atoms with Crippen LogP contribution in [0.5, 0.6) is 0 Å². The van der Waals surface area contributed by atoms with Gasteiger partial charge in [0.15, 0.2) is 15.5 Å². The van der Waals surface area contributed by atoms with Crippen LogP contribution in [0.2, 0.25) is 0 Å². The van der Waals surface area contributed by atoms with Gasteiger partial charge >= 0.3 is 0 Å². The average Bonchev–Trinajstić information content (AvgIpc) is 3.37. The Morgan fingerprint density at radius 3 is 2.47 bits per heavy atom. The van der Waals surface area contributed by atoms with Gasteiger partial charge in [-0.05, 0) is 52.4 Å². The molecule has 0 saturated carbocycles. The highest BCUT2D eigenvalue weighted by molar-refractivity contribution is 7.91. The van der Waals surface area contributed by atoms with Gasteiger partial charge in [0.1, 0.15) is 0 Å². The minimum atomic E-state index is -3.09. The minimum Gasteiger partial charge on any atom is -0.339 e. The first-order chi connectivity index (χ1) is 16.2. The number of sulfone groups is 1. The van der Waals surface area contributed by atoms with E-state index in [9.17, 15) is 13.2 Å². The van der Waals surface area contributed by atoms with Gasteiger partial charge in [0, 0.05) is 18.7 Å². The van der Waals surface area contributed by atoms with E-state index in [2.05, 4.69) is 11.9 Å². The largest absolute Gasteiger partial charge is 0.339 e. The molecule has 2 aliphatic heterocycles. The van der Waals surface area contributed by atoms with Crippen molar-refractivity contribution in [2.75, 3.05) is 38.7 Å². The van der Waals surface area contributed by atoms with Gasteiger partial charge in [-0.1, -0.05) is 30.3 Å². The van der Waals surface area contributed by atoms with Crippen molar-refractivity contribution in [3.63, 3.8) is 0 Å². The molecule has 180 valence electrons. The van der Waals surface area contributed by atoms with Crippen LogP contribution in [0.15, 0.2) is 36.4 Å². The molecular weight excluding hydrogens is 450 g/mol. The van der Waals surface area contributed by atoms with E-state index in [0.29, 0.717) is 34.4 Å². The Balaban J connectivity index is 1.63. The summed E-state index contributed by atoms with van der Waals surface area (Å²) in [6.07, 6.45) is 2.39. The van der Waals surface area contributed by atoms with Crippen LogP contribution in [0.3, 0.4) is 0 Å². The molecule has 3 aromatic rings. The van der Waals surface area contributed by atoms with Gasteiger partial charge < -0.3 is 9.80 Å². The number of fused-ring (bicyclic) bond motifs is 1. The highest BCUT2D eigenvalue weighted by atomic mass is 32.2. The van der Waals surface area contributed by atoms with E-state index in [-0.39, 0.29) is 29.5 Å². The van der Waals surface area contributed by atoms with Crippen molar-refractivity contribution in [3.8, 4) is 11.3 Å². The SMILES string of the molecule is Cc1nn(C2CCS(=O)(=O)C2)c2nc(-c3ccccc3)cc(C(=O)N(C)C3CCN(C)CC3)c12. The smallest absolute Gasteiger partial charge is 0.254 e. The predicted octanol–water partition coefficient (Wildman–Crippen LogP) is 2.93. The zero-order chi connectivity index (χ0) is 24.0. The van der Waals surface area contributed by atoms with Gasteiger partial charge in [0.05, 0.1) is 39.9 Å². The molecule has 2 saturated heterocycles. The lowest BCUT2D eigenvalue weighted by Crippen LogP contribution is -2.44. The number of aryl methyl sites for hydroxylation is 1. The summed E-state index contributed by atoms with van der Waals surface area (Å²) in [4.78, 5) is 22.9. The second kappa shape index (κ2) is 8.78. The molecule has 5 rings (SSSR count). The third kappa shape index (κ3) is 4.22. The van der Waals surface area contributed by atoms with E-state index in [0.717, 1.165) is 31.5 Å². The molecule has 2 aromatic heterocycles. The van der Waals surface area contributed by atoms with Crippen LogP contribution < -0.4 is 0 Å². The van der Waals surface area contributed by atoms with Crippen LogP contribution in [0.4, 0.5) is 0 Å². The first kappa shape index (κ1) is 23.0. The first-order valence-electron chi connectivity index (χ1n) is 11.8. The Kier molecular flexibility index (Phi) is 5.93. The Bertz CT molecular complexity index is 1330. The molecule has 2 aliphatic rings. The number of rotatable bonds is 4. The number of benzene rings is 1. The van der Waals surface area contributed by atoms with Crippen LogP contribution in [0.25, 0.3) is 22.3 Å². The van der Waals surface area contributed by atoms with Crippen molar-refractivity contribution in [1.29, 1.82) is 0 Å². The summed E-state index contributed by atoms with van der Waals surface area (Å²) in [6, 6.07) is 11.6. The van der Waals surface area contributed by atoms with Crippen molar-refractivity contribution < 1.29 is 13.2 Å². The lowest BCUT2D eigenvalue weighted by Gasteiger charge is -2.35. The van der Waals surface area contributed by atoms with E-state index < -0.39 is 9.84 Å². The summed E-state index contributed by atoms with van der Waals surface area (Å²) in [5, 5.41) is 5.43. The molecule has 1 amide bonds. The molecular formula is C25H31N5O3S.